The first kappa shape index (κ1) is 23.8. The number of nitrogens with one attached hydrogen (secondary N) is 1. The summed E-state index contributed by atoms with van der Waals surface area (Å²) in [5.41, 5.74) is 3.25. The Hall–Kier alpha value is -3.32. The summed E-state index contributed by atoms with van der Waals surface area (Å²) in [5, 5.41) is 3.23. The van der Waals surface area contributed by atoms with E-state index in [1.54, 1.807) is 7.11 Å². The lowest BCUT2D eigenvalue weighted by molar-refractivity contribution is -0.137. The van der Waals surface area contributed by atoms with Gasteiger partial charge in [-0.25, -0.2) is 0 Å². The number of nitrogens with zero attached hydrogens (tertiary/aromatic N) is 2. The fraction of sp³-hybridized carbons (Fsp3) is 0.407. The minimum absolute atomic E-state index is 0.201. The number of benzene rings is 2. The summed E-state index contributed by atoms with van der Waals surface area (Å²) >= 11 is 0. The lowest BCUT2D eigenvalue weighted by atomic mass is 9.99. The van der Waals surface area contributed by atoms with Crippen LogP contribution < -0.4 is 15.0 Å². The number of anilines is 2. The van der Waals surface area contributed by atoms with Crippen molar-refractivity contribution in [3.05, 3.63) is 59.8 Å². The predicted molar refractivity (Wildman–Crippen MR) is 134 cm³/mol. The molecule has 0 aromatic heterocycles. The highest BCUT2D eigenvalue weighted by Gasteiger charge is 2.39. The van der Waals surface area contributed by atoms with Gasteiger partial charge >= 0.3 is 0 Å². The lowest BCUT2D eigenvalue weighted by Gasteiger charge is -2.32. The van der Waals surface area contributed by atoms with Crippen LogP contribution in [0.5, 0.6) is 5.75 Å². The summed E-state index contributed by atoms with van der Waals surface area (Å²) in [7, 11) is 1.55. The normalized spacial score (nSPS) is 17.0. The van der Waals surface area contributed by atoms with Crippen LogP contribution in [0.2, 0.25) is 0 Å². The van der Waals surface area contributed by atoms with Crippen LogP contribution in [0.4, 0.5) is 11.4 Å². The number of piperidine rings is 1. The van der Waals surface area contributed by atoms with Crippen LogP contribution in [0.1, 0.15) is 32.3 Å². The van der Waals surface area contributed by atoms with Gasteiger partial charge in [-0.05, 0) is 67.6 Å². The zero-order valence-corrected chi connectivity index (χ0v) is 20.2. The minimum atomic E-state index is -0.347. The zero-order chi connectivity index (χ0) is 24.1. The number of ether oxygens (including phenoxy) is 2. The molecule has 0 unspecified atom stereocenters. The van der Waals surface area contributed by atoms with Crippen LogP contribution in [0.25, 0.3) is 5.57 Å². The van der Waals surface area contributed by atoms with Gasteiger partial charge in [0, 0.05) is 31.6 Å². The number of hydrogen-bond acceptors (Lipinski definition) is 6. The van der Waals surface area contributed by atoms with Gasteiger partial charge in [0.25, 0.3) is 11.8 Å². The molecule has 0 spiro atoms. The first-order valence-corrected chi connectivity index (χ1v) is 12.0. The number of rotatable bonds is 9. The van der Waals surface area contributed by atoms with Gasteiger partial charge in [-0.2, -0.15) is 0 Å². The third kappa shape index (κ3) is 5.09. The summed E-state index contributed by atoms with van der Waals surface area (Å²) < 4.78 is 10.6. The average Bonchev–Trinajstić information content (AvgIpc) is 3.08. The molecule has 0 aliphatic carbocycles. The Kier molecular flexibility index (Phi) is 7.53. The van der Waals surface area contributed by atoms with Crippen molar-refractivity contribution in [3.63, 3.8) is 0 Å². The van der Waals surface area contributed by atoms with Gasteiger partial charge in [0.2, 0.25) is 0 Å². The number of amides is 2. The van der Waals surface area contributed by atoms with E-state index in [1.807, 2.05) is 43.3 Å². The van der Waals surface area contributed by atoms with Crippen LogP contribution in [-0.2, 0) is 14.3 Å². The Morgan fingerprint density at radius 3 is 2.26 bits per heavy atom. The fourth-order valence-corrected chi connectivity index (χ4v) is 4.40. The molecule has 2 aromatic carbocycles. The molecule has 2 aromatic rings. The van der Waals surface area contributed by atoms with Crippen molar-refractivity contribution < 1.29 is 19.1 Å². The molecule has 0 bridgehead atoms. The van der Waals surface area contributed by atoms with E-state index in [2.05, 4.69) is 29.3 Å². The van der Waals surface area contributed by atoms with Gasteiger partial charge in [0.15, 0.2) is 0 Å². The molecule has 1 saturated heterocycles. The smallest absolute Gasteiger partial charge is 0.278 e. The molecule has 0 saturated carbocycles. The Morgan fingerprint density at radius 2 is 1.65 bits per heavy atom. The SMILES string of the molecule is CCOc1ccc(C2=C(Nc3ccc(N4CCC(C)CC4)cc3)C(=O)N(CCOC)C2=O)cc1. The molecular formula is C27H33N3O4. The van der Waals surface area contributed by atoms with Gasteiger partial charge in [0.1, 0.15) is 11.4 Å². The number of carbonyl (C=O) groups is 2. The van der Waals surface area contributed by atoms with E-state index in [9.17, 15) is 9.59 Å². The quantitative estimate of drug-likeness (QED) is 0.563. The second-order valence-corrected chi connectivity index (χ2v) is 8.80. The van der Waals surface area contributed by atoms with Crippen LogP contribution in [-0.4, -0.2) is 56.7 Å². The standard InChI is InChI=1S/C27H33N3O4/c1-4-34-23-11-5-20(6-12-23)24-25(27(32)30(26(24)31)17-18-33-3)28-21-7-9-22(10-8-21)29-15-13-19(2)14-16-29/h5-12,19,28H,4,13-18H2,1-3H3. The summed E-state index contributed by atoms with van der Waals surface area (Å²) in [6.45, 7) is 7.38. The highest BCUT2D eigenvalue weighted by atomic mass is 16.5. The molecule has 2 aliphatic heterocycles. The van der Waals surface area contributed by atoms with Crippen molar-refractivity contribution in [1.29, 1.82) is 0 Å². The van der Waals surface area contributed by atoms with E-state index in [0.717, 1.165) is 30.4 Å². The number of methoxy groups -OCH3 is 1. The Balaban J connectivity index is 1.60. The topological polar surface area (TPSA) is 71.1 Å². The maximum atomic E-state index is 13.2. The monoisotopic (exact) mass is 463 g/mol. The molecule has 7 heteroatoms. The third-order valence-corrected chi connectivity index (χ3v) is 6.43. The van der Waals surface area contributed by atoms with E-state index < -0.39 is 0 Å². The van der Waals surface area contributed by atoms with Gasteiger partial charge in [0.05, 0.1) is 25.3 Å². The molecule has 1 fully saturated rings. The van der Waals surface area contributed by atoms with Crippen LogP contribution in [0.3, 0.4) is 0 Å². The molecule has 2 heterocycles. The molecule has 1 N–H and O–H groups in total. The van der Waals surface area contributed by atoms with Crippen LogP contribution in [0.15, 0.2) is 54.2 Å². The maximum Gasteiger partial charge on any atom is 0.278 e. The Labute approximate surface area is 201 Å². The highest BCUT2D eigenvalue weighted by Crippen LogP contribution is 2.32. The zero-order valence-electron chi connectivity index (χ0n) is 20.2. The number of carbonyl (C=O) groups excluding carboxylic acids is 2. The van der Waals surface area contributed by atoms with Crippen molar-refractivity contribution in [2.45, 2.75) is 26.7 Å². The number of imide groups is 1. The van der Waals surface area contributed by atoms with Gasteiger partial charge in [-0.15, -0.1) is 0 Å². The van der Waals surface area contributed by atoms with E-state index in [4.69, 9.17) is 9.47 Å². The predicted octanol–water partition coefficient (Wildman–Crippen LogP) is 4.16. The molecule has 34 heavy (non-hydrogen) atoms. The summed E-state index contributed by atoms with van der Waals surface area (Å²) in [6, 6.07) is 15.3. The van der Waals surface area contributed by atoms with Gasteiger partial charge in [-0.3, -0.25) is 14.5 Å². The first-order valence-electron chi connectivity index (χ1n) is 12.0. The maximum absolute atomic E-state index is 13.2. The van der Waals surface area contributed by atoms with Gasteiger partial charge in [-0.1, -0.05) is 19.1 Å². The lowest BCUT2D eigenvalue weighted by Crippen LogP contribution is -2.35. The summed E-state index contributed by atoms with van der Waals surface area (Å²) in [5.74, 6) is 0.821. The van der Waals surface area contributed by atoms with Gasteiger partial charge < -0.3 is 19.7 Å². The van der Waals surface area contributed by atoms with Crippen molar-refractivity contribution in [2.75, 3.05) is 50.2 Å². The summed E-state index contributed by atoms with van der Waals surface area (Å²) in [4.78, 5) is 30.1. The van der Waals surface area contributed by atoms with Crippen molar-refractivity contribution >= 4 is 28.8 Å². The minimum Gasteiger partial charge on any atom is -0.494 e. The Morgan fingerprint density at radius 1 is 0.971 bits per heavy atom. The molecule has 0 radical (unpaired) electrons. The van der Waals surface area contributed by atoms with E-state index in [0.29, 0.717) is 17.7 Å². The molecule has 4 rings (SSSR count). The average molecular weight is 464 g/mol. The largest absolute Gasteiger partial charge is 0.494 e. The van der Waals surface area contributed by atoms with Crippen molar-refractivity contribution in [1.82, 2.24) is 4.90 Å². The Bertz CT molecular complexity index is 1040. The van der Waals surface area contributed by atoms with E-state index in [1.165, 1.54) is 23.4 Å². The first-order chi connectivity index (χ1) is 16.5. The molecule has 0 atom stereocenters. The van der Waals surface area contributed by atoms with Crippen LogP contribution in [0, 0.1) is 5.92 Å². The number of hydrogen-bond donors (Lipinski definition) is 1. The molecule has 7 nitrogen and oxygen atoms in total. The molecule has 180 valence electrons. The second-order valence-electron chi connectivity index (χ2n) is 8.80. The molecular weight excluding hydrogens is 430 g/mol. The van der Waals surface area contributed by atoms with E-state index >= 15 is 0 Å². The molecule has 2 aliphatic rings. The van der Waals surface area contributed by atoms with E-state index in [-0.39, 0.29) is 30.7 Å². The van der Waals surface area contributed by atoms with Crippen LogP contribution >= 0.6 is 0 Å². The fourth-order valence-electron chi connectivity index (χ4n) is 4.40. The van der Waals surface area contributed by atoms with Crippen molar-refractivity contribution in [2.24, 2.45) is 5.92 Å². The molecule has 2 amide bonds. The third-order valence-electron chi connectivity index (χ3n) is 6.43. The highest BCUT2D eigenvalue weighted by molar-refractivity contribution is 6.36. The second kappa shape index (κ2) is 10.7. The summed E-state index contributed by atoms with van der Waals surface area (Å²) in [6.07, 6.45) is 2.40. The van der Waals surface area contributed by atoms with Crippen molar-refractivity contribution in [3.8, 4) is 5.75 Å².